The lowest BCUT2D eigenvalue weighted by atomic mass is 10.1. The van der Waals surface area contributed by atoms with Crippen LogP contribution in [0.2, 0.25) is 0 Å². The van der Waals surface area contributed by atoms with E-state index in [4.69, 9.17) is 9.05 Å². The largest absolute Gasteiger partial charge is 0.472 e. The molecule has 0 rings (SSSR count). The molecule has 3 unspecified atom stereocenters. The first-order valence-corrected chi connectivity index (χ1v) is 17.3. The zero-order valence-corrected chi connectivity index (χ0v) is 25.2. The SMILES string of the molecule is CCCCCCCCCCCCSC(CCCCCCCCC)C(C)OP(=O)(OCCC)C(=O)O. The summed E-state index contributed by atoms with van der Waals surface area (Å²) >= 11 is 1.86. The third-order valence-electron chi connectivity index (χ3n) is 6.45. The van der Waals surface area contributed by atoms with Crippen LogP contribution in [0.25, 0.3) is 0 Å². The van der Waals surface area contributed by atoms with Gasteiger partial charge in [0.05, 0.1) is 12.7 Å². The standard InChI is InChI=1S/C28H57O5PS/c1-5-8-10-12-14-15-16-18-20-22-25-35-27(23-21-19-17-13-11-9-6-2)26(4)33-34(31,28(29)30)32-24-7-3/h26-27H,5-25H2,1-4H3,(H,29,30). The summed E-state index contributed by atoms with van der Waals surface area (Å²) < 4.78 is 23.6. The highest BCUT2D eigenvalue weighted by Crippen LogP contribution is 2.51. The molecule has 0 aliphatic heterocycles. The summed E-state index contributed by atoms with van der Waals surface area (Å²) in [6, 6.07) is 0. The average molecular weight is 537 g/mol. The van der Waals surface area contributed by atoms with E-state index in [2.05, 4.69) is 13.8 Å². The quantitative estimate of drug-likeness (QED) is 0.0831. The molecule has 0 bridgehead atoms. The second kappa shape index (κ2) is 24.3. The van der Waals surface area contributed by atoms with E-state index in [1.54, 1.807) is 0 Å². The zero-order valence-electron chi connectivity index (χ0n) is 23.4. The molecule has 0 aromatic carbocycles. The van der Waals surface area contributed by atoms with Gasteiger partial charge in [-0.3, -0.25) is 4.52 Å². The summed E-state index contributed by atoms with van der Waals surface area (Å²) in [5.74, 6) is 1.04. The highest BCUT2D eigenvalue weighted by molar-refractivity contribution is 7.99. The van der Waals surface area contributed by atoms with E-state index in [1.807, 2.05) is 25.6 Å². The van der Waals surface area contributed by atoms with Gasteiger partial charge in [-0.25, -0.2) is 9.36 Å². The first kappa shape index (κ1) is 35.0. The van der Waals surface area contributed by atoms with E-state index in [1.165, 1.54) is 103 Å². The minimum Gasteiger partial charge on any atom is -0.472 e. The van der Waals surface area contributed by atoms with Crippen LogP contribution in [-0.4, -0.2) is 34.5 Å². The number of thioether (sulfide) groups is 1. The summed E-state index contributed by atoms with van der Waals surface area (Å²) in [6.45, 7) is 8.35. The molecule has 0 aromatic rings. The molecule has 0 saturated carbocycles. The van der Waals surface area contributed by atoms with Crippen molar-refractivity contribution in [3.05, 3.63) is 0 Å². The van der Waals surface area contributed by atoms with Crippen molar-refractivity contribution in [3.63, 3.8) is 0 Å². The van der Waals surface area contributed by atoms with Gasteiger partial charge in [0, 0.05) is 5.25 Å². The Morgan fingerprint density at radius 3 is 1.66 bits per heavy atom. The normalized spacial score (nSPS) is 15.1. The molecule has 210 valence electrons. The molecule has 1 N–H and O–H groups in total. The second-order valence-electron chi connectivity index (χ2n) is 9.93. The molecular weight excluding hydrogens is 479 g/mol. The van der Waals surface area contributed by atoms with Crippen molar-refractivity contribution in [2.75, 3.05) is 12.4 Å². The molecule has 0 saturated heterocycles. The van der Waals surface area contributed by atoms with Crippen molar-refractivity contribution in [1.29, 1.82) is 0 Å². The maximum absolute atomic E-state index is 12.8. The van der Waals surface area contributed by atoms with E-state index in [0.717, 1.165) is 18.6 Å². The van der Waals surface area contributed by atoms with Crippen LogP contribution < -0.4 is 0 Å². The number of hydrogen-bond acceptors (Lipinski definition) is 5. The predicted octanol–water partition coefficient (Wildman–Crippen LogP) is 10.9. The van der Waals surface area contributed by atoms with Gasteiger partial charge in [-0.15, -0.1) is 0 Å². The number of hydrogen-bond donors (Lipinski definition) is 1. The Morgan fingerprint density at radius 1 is 0.743 bits per heavy atom. The van der Waals surface area contributed by atoms with E-state index >= 15 is 0 Å². The van der Waals surface area contributed by atoms with Crippen molar-refractivity contribution in [2.45, 2.75) is 161 Å². The van der Waals surface area contributed by atoms with Crippen molar-refractivity contribution >= 4 is 25.1 Å². The Labute approximate surface area is 221 Å². The lowest BCUT2D eigenvalue weighted by Gasteiger charge is -2.26. The molecule has 0 heterocycles. The summed E-state index contributed by atoms with van der Waals surface area (Å²) in [5, 5.41) is 9.60. The van der Waals surface area contributed by atoms with Crippen LogP contribution in [0.4, 0.5) is 4.79 Å². The Balaban J connectivity index is 4.47. The number of unbranched alkanes of at least 4 members (excludes halogenated alkanes) is 15. The van der Waals surface area contributed by atoms with Gasteiger partial charge in [-0.1, -0.05) is 124 Å². The molecule has 35 heavy (non-hydrogen) atoms. The molecule has 3 atom stereocenters. The molecule has 0 aliphatic carbocycles. The first-order valence-electron chi connectivity index (χ1n) is 14.7. The highest BCUT2D eigenvalue weighted by atomic mass is 32.2. The predicted molar refractivity (Wildman–Crippen MR) is 153 cm³/mol. The van der Waals surface area contributed by atoms with E-state index < -0.39 is 19.4 Å². The van der Waals surface area contributed by atoms with Gasteiger partial charge in [-0.05, 0) is 31.9 Å². The third-order valence-corrected chi connectivity index (χ3v) is 9.62. The molecule has 0 radical (unpaired) electrons. The van der Waals surface area contributed by atoms with Crippen LogP contribution in [0, 0.1) is 0 Å². The third kappa shape index (κ3) is 19.7. The Morgan fingerprint density at radius 2 is 1.20 bits per heavy atom. The van der Waals surface area contributed by atoms with Crippen LogP contribution in [0.15, 0.2) is 0 Å². The minimum atomic E-state index is -4.14. The molecule has 0 aromatic heterocycles. The molecule has 0 aliphatic rings. The zero-order chi connectivity index (χ0) is 26.2. The van der Waals surface area contributed by atoms with Crippen LogP contribution in [0.5, 0.6) is 0 Å². The van der Waals surface area contributed by atoms with E-state index in [0.29, 0.717) is 6.42 Å². The van der Waals surface area contributed by atoms with Gasteiger partial charge in [-0.2, -0.15) is 11.8 Å². The summed E-state index contributed by atoms with van der Waals surface area (Å²) in [7, 11) is -4.14. The fourth-order valence-corrected chi connectivity index (χ4v) is 6.89. The lowest BCUT2D eigenvalue weighted by Crippen LogP contribution is -2.25. The van der Waals surface area contributed by atoms with Gasteiger partial charge in [0.25, 0.3) is 0 Å². The van der Waals surface area contributed by atoms with E-state index in [9.17, 15) is 14.5 Å². The van der Waals surface area contributed by atoms with Crippen molar-refractivity contribution in [1.82, 2.24) is 0 Å². The van der Waals surface area contributed by atoms with Crippen molar-refractivity contribution in [3.8, 4) is 0 Å². The lowest BCUT2D eigenvalue weighted by molar-refractivity contribution is 0.142. The Kier molecular flexibility index (Phi) is 24.3. The minimum absolute atomic E-state index is 0.129. The molecule has 7 heteroatoms. The fourth-order valence-electron chi connectivity index (χ4n) is 4.21. The Bertz CT molecular complexity index is 531. The second-order valence-corrected chi connectivity index (χ2v) is 13.1. The number of carbonyl (C=O) groups is 1. The highest BCUT2D eigenvalue weighted by Gasteiger charge is 2.38. The number of rotatable bonds is 27. The van der Waals surface area contributed by atoms with Gasteiger partial charge in [0.15, 0.2) is 0 Å². The van der Waals surface area contributed by atoms with Crippen molar-refractivity contribution < 1.29 is 23.5 Å². The number of carboxylic acid groups (broad SMARTS) is 1. The summed E-state index contributed by atoms with van der Waals surface area (Å²) in [5.41, 5.74) is -1.48. The maximum Gasteiger partial charge on any atom is 0.438 e. The topological polar surface area (TPSA) is 72.8 Å². The molecular formula is C28H57O5PS. The van der Waals surface area contributed by atoms with Gasteiger partial charge in [0.2, 0.25) is 0 Å². The summed E-state index contributed by atoms with van der Waals surface area (Å²) in [6.07, 6.45) is 23.0. The molecule has 5 nitrogen and oxygen atoms in total. The van der Waals surface area contributed by atoms with Crippen molar-refractivity contribution in [2.24, 2.45) is 0 Å². The fraction of sp³-hybridized carbons (Fsp3) is 0.964. The first-order chi connectivity index (χ1) is 16.9. The van der Waals surface area contributed by atoms with Gasteiger partial charge >= 0.3 is 13.3 Å². The summed E-state index contributed by atoms with van der Waals surface area (Å²) in [4.78, 5) is 11.6. The molecule has 0 spiro atoms. The van der Waals surface area contributed by atoms with Crippen LogP contribution in [-0.2, 0) is 13.6 Å². The van der Waals surface area contributed by atoms with Crippen LogP contribution >= 0.6 is 19.4 Å². The maximum atomic E-state index is 12.8. The average Bonchev–Trinajstić information content (AvgIpc) is 2.83. The Hall–Kier alpha value is -0.0300. The van der Waals surface area contributed by atoms with Crippen LogP contribution in [0.1, 0.15) is 150 Å². The smallest absolute Gasteiger partial charge is 0.438 e. The van der Waals surface area contributed by atoms with Gasteiger partial charge in [0.1, 0.15) is 0 Å². The molecule has 0 amide bonds. The van der Waals surface area contributed by atoms with E-state index in [-0.39, 0.29) is 11.9 Å². The van der Waals surface area contributed by atoms with Crippen LogP contribution in [0.3, 0.4) is 0 Å². The monoisotopic (exact) mass is 536 g/mol. The van der Waals surface area contributed by atoms with Gasteiger partial charge < -0.3 is 9.63 Å². The molecule has 0 fully saturated rings.